The zero-order valence-electron chi connectivity index (χ0n) is 12.4. The van der Waals surface area contributed by atoms with E-state index in [1.165, 1.54) is 18.2 Å². The topological polar surface area (TPSA) is 29.5 Å². The van der Waals surface area contributed by atoms with E-state index in [1.807, 2.05) is 0 Å². The molecule has 7 heteroatoms. The van der Waals surface area contributed by atoms with Crippen LogP contribution in [0.2, 0.25) is 5.02 Å². The number of carbonyl (C=O) groups is 1. The van der Waals surface area contributed by atoms with E-state index >= 15 is 0 Å². The average molecular weight is 356 g/mol. The summed E-state index contributed by atoms with van der Waals surface area (Å²) in [6.07, 6.45) is -4.23. The van der Waals surface area contributed by atoms with Crippen molar-refractivity contribution in [3.8, 4) is 5.75 Å². The Labute approximate surface area is 141 Å². The van der Waals surface area contributed by atoms with Gasteiger partial charge in [0.25, 0.3) is 0 Å². The van der Waals surface area contributed by atoms with Crippen molar-refractivity contribution >= 4 is 23.2 Å². The summed E-state index contributed by atoms with van der Waals surface area (Å²) in [5.74, 6) is -0.961. The van der Waals surface area contributed by atoms with Crippen LogP contribution in [0.25, 0.3) is 0 Å². The second-order valence-electron chi connectivity index (χ2n) is 5.43. The Morgan fingerprint density at radius 3 is 2.50 bits per heavy atom. The highest BCUT2D eigenvalue weighted by atomic mass is 35.5. The van der Waals surface area contributed by atoms with Crippen molar-refractivity contribution in [2.45, 2.75) is 18.7 Å². The number of carbonyl (C=O) groups excluding carboxylic acids is 1. The van der Waals surface area contributed by atoms with E-state index < -0.39 is 12.3 Å². The number of rotatable bonds is 3. The van der Waals surface area contributed by atoms with Gasteiger partial charge in [0.1, 0.15) is 5.75 Å². The molecule has 0 aromatic heterocycles. The number of amides is 1. The molecule has 1 fully saturated rings. The second-order valence-corrected chi connectivity index (χ2v) is 5.86. The van der Waals surface area contributed by atoms with Crippen LogP contribution in [0.1, 0.15) is 17.9 Å². The second kappa shape index (κ2) is 6.36. The molecule has 24 heavy (non-hydrogen) atoms. The van der Waals surface area contributed by atoms with Gasteiger partial charge >= 0.3 is 6.36 Å². The van der Waals surface area contributed by atoms with Crippen LogP contribution in [0.3, 0.4) is 0 Å². The molecule has 1 atom stereocenters. The van der Waals surface area contributed by atoms with E-state index in [0.717, 1.165) is 5.69 Å². The van der Waals surface area contributed by atoms with Crippen molar-refractivity contribution in [2.75, 3.05) is 11.4 Å². The molecule has 126 valence electrons. The Hall–Kier alpha value is -2.21. The molecular formula is C17H13ClF3NO2. The standard InChI is InChI=1S/C17H13ClF3NO2/c18-12-4-6-13(7-5-12)22-9-8-15(16(22)23)11-2-1-3-14(10-11)24-17(19,20)21/h1-7,10,15H,8-9H2. The quantitative estimate of drug-likeness (QED) is 0.794. The third-order valence-corrected chi connectivity index (χ3v) is 4.09. The summed E-state index contributed by atoms with van der Waals surface area (Å²) >= 11 is 5.84. The lowest BCUT2D eigenvalue weighted by Gasteiger charge is -2.17. The first kappa shape index (κ1) is 16.6. The highest BCUT2D eigenvalue weighted by Gasteiger charge is 2.35. The van der Waals surface area contributed by atoms with Gasteiger partial charge in [0.05, 0.1) is 5.92 Å². The van der Waals surface area contributed by atoms with Gasteiger partial charge in [-0.25, -0.2) is 0 Å². The number of alkyl halides is 3. The molecule has 0 spiro atoms. The monoisotopic (exact) mass is 355 g/mol. The average Bonchev–Trinajstić information content (AvgIpc) is 2.88. The number of ether oxygens (including phenoxy) is 1. The summed E-state index contributed by atoms with van der Waals surface area (Å²) < 4.78 is 40.9. The Bertz CT molecular complexity index is 746. The van der Waals surface area contributed by atoms with Crippen LogP contribution in [0.4, 0.5) is 18.9 Å². The zero-order chi connectivity index (χ0) is 17.3. The van der Waals surface area contributed by atoms with E-state index in [1.54, 1.807) is 35.2 Å². The minimum absolute atomic E-state index is 0.151. The summed E-state index contributed by atoms with van der Waals surface area (Å²) in [4.78, 5) is 14.2. The Morgan fingerprint density at radius 2 is 1.83 bits per heavy atom. The molecule has 1 unspecified atom stereocenters. The third kappa shape index (κ3) is 3.64. The van der Waals surface area contributed by atoms with Gasteiger partial charge in [0.15, 0.2) is 0 Å². The third-order valence-electron chi connectivity index (χ3n) is 3.84. The molecule has 1 amide bonds. The molecule has 0 bridgehead atoms. The highest BCUT2D eigenvalue weighted by Crippen LogP contribution is 2.34. The minimum Gasteiger partial charge on any atom is -0.406 e. The Morgan fingerprint density at radius 1 is 1.12 bits per heavy atom. The van der Waals surface area contributed by atoms with Gasteiger partial charge in [-0.3, -0.25) is 4.79 Å². The first-order valence-corrected chi connectivity index (χ1v) is 7.64. The smallest absolute Gasteiger partial charge is 0.406 e. The molecule has 3 nitrogen and oxygen atoms in total. The molecule has 0 radical (unpaired) electrons. The van der Waals surface area contributed by atoms with Gasteiger partial charge in [-0.15, -0.1) is 13.2 Å². The molecule has 3 rings (SSSR count). The fourth-order valence-electron chi connectivity index (χ4n) is 2.80. The molecule has 1 saturated heterocycles. The van der Waals surface area contributed by atoms with E-state index in [2.05, 4.69) is 4.74 Å². The number of hydrogen-bond donors (Lipinski definition) is 0. The molecule has 0 aliphatic carbocycles. The van der Waals surface area contributed by atoms with E-state index in [-0.39, 0.29) is 11.7 Å². The normalized spacial score (nSPS) is 18.1. The highest BCUT2D eigenvalue weighted by molar-refractivity contribution is 6.30. The summed E-state index contributed by atoms with van der Waals surface area (Å²) in [6.45, 7) is 0.496. The number of nitrogens with zero attached hydrogens (tertiary/aromatic N) is 1. The molecule has 2 aromatic carbocycles. The van der Waals surface area contributed by atoms with Crippen LogP contribution < -0.4 is 9.64 Å². The SMILES string of the molecule is O=C1C(c2cccc(OC(F)(F)F)c2)CCN1c1ccc(Cl)cc1. The minimum atomic E-state index is -4.76. The fourth-order valence-corrected chi connectivity index (χ4v) is 2.92. The zero-order valence-corrected chi connectivity index (χ0v) is 13.1. The number of anilines is 1. The van der Waals surface area contributed by atoms with E-state index in [9.17, 15) is 18.0 Å². The molecule has 0 saturated carbocycles. The lowest BCUT2D eigenvalue weighted by Crippen LogP contribution is -2.26. The van der Waals surface area contributed by atoms with Crippen LogP contribution in [-0.2, 0) is 4.79 Å². The van der Waals surface area contributed by atoms with Crippen LogP contribution in [0.15, 0.2) is 48.5 Å². The maximum atomic E-state index is 12.6. The van der Waals surface area contributed by atoms with Crippen molar-refractivity contribution in [3.05, 3.63) is 59.1 Å². The fraction of sp³-hybridized carbons (Fsp3) is 0.235. The van der Waals surface area contributed by atoms with Gasteiger partial charge in [-0.05, 0) is 48.4 Å². The number of hydrogen-bond acceptors (Lipinski definition) is 2. The first-order valence-electron chi connectivity index (χ1n) is 7.26. The van der Waals surface area contributed by atoms with Crippen molar-refractivity contribution in [2.24, 2.45) is 0 Å². The largest absolute Gasteiger partial charge is 0.573 e. The molecule has 1 aliphatic rings. The van der Waals surface area contributed by atoms with E-state index in [0.29, 0.717) is 23.6 Å². The predicted molar refractivity (Wildman–Crippen MR) is 84.3 cm³/mol. The summed E-state index contributed by atoms with van der Waals surface area (Å²) in [7, 11) is 0. The predicted octanol–water partition coefficient (Wildman–Crippen LogP) is 4.76. The first-order chi connectivity index (χ1) is 11.3. The molecular weight excluding hydrogens is 343 g/mol. The van der Waals surface area contributed by atoms with Crippen molar-refractivity contribution in [3.63, 3.8) is 0 Å². The van der Waals surface area contributed by atoms with Gasteiger partial charge in [-0.2, -0.15) is 0 Å². The van der Waals surface area contributed by atoms with E-state index in [4.69, 9.17) is 11.6 Å². The molecule has 1 heterocycles. The van der Waals surface area contributed by atoms with Crippen molar-refractivity contribution in [1.29, 1.82) is 0 Å². The maximum Gasteiger partial charge on any atom is 0.573 e. The summed E-state index contributed by atoms with van der Waals surface area (Å²) in [5.41, 5.74) is 1.23. The Balaban J connectivity index is 1.80. The van der Waals surface area contributed by atoms with Gasteiger partial charge in [-0.1, -0.05) is 23.7 Å². The number of benzene rings is 2. The Kier molecular flexibility index (Phi) is 4.41. The molecule has 0 N–H and O–H groups in total. The van der Waals surface area contributed by atoms with Crippen LogP contribution in [0, 0.1) is 0 Å². The maximum absolute atomic E-state index is 12.6. The lowest BCUT2D eigenvalue weighted by molar-refractivity contribution is -0.274. The van der Waals surface area contributed by atoms with Crippen molar-refractivity contribution < 1.29 is 22.7 Å². The van der Waals surface area contributed by atoms with Gasteiger partial charge in [0, 0.05) is 17.3 Å². The van der Waals surface area contributed by atoms with Gasteiger partial charge in [0.2, 0.25) is 5.91 Å². The molecule has 1 aliphatic heterocycles. The van der Waals surface area contributed by atoms with Gasteiger partial charge < -0.3 is 9.64 Å². The summed E-state index contributed by atoms with van der Waals surface area (Å²) in [6, 6.07) is 12.4. The van der Waals surface area contributed by atoms with Crippen molar-refractivity contribution in [1.82, 2.24) is 0 Å². The number of halogens is 4. The van der Waals surface area contributed by atoms with Crippen LogP contribution in [0.5, 0.6) is 5.75 Å². The van der Waals surface area contributed by atoms with Crippen LogP contribution >= 0.6 is 11.6 Å². The molecule has 2 aromatic rings. The lowest BCUT2D eigenvalue weighted by atomic mass is 9.97. The summed E-state index contributed by atoms with van der Waals surface area (Å²) in [5, 5.41) is 0.568. The van der Waals surface area contributed by atoms with Crippen LogP contribution in [-0.4, -0.2) is 18.8 Å².